The van der Waals surface area contributed by atoms with Crippen molar-refractivity contribution < 1.29 is 9.59 Å². The summed E-state index contributed by atoms with van der Waals surface area (Å²) in [5.74, 6) is -0.953. The lowest BCUT2D eigenvalue weighted by atomic mass is 10.1. The van der Waals surface area contributed by atoms with Gasteiger partial charge < -0.3 is 4.57 Å². The van der Waals surface area contributed by atoms with Crippen molar-refractivity contribution >= 4 is 52.5 Å². The molecule has 7 heteroatoms. The van der Waals surface area contributed by atoms with Crippen molar-refractivity contribution in [3.63, 3.8) is 0 Å². The normalized spacial score (nSPS) is 15.5. The highest BCUT2D eigenvalue weighted by molar-refractivity contribution is 7.80. The lowest BCUT2D eigenvalue weighted by Gasteiger charge is -2.29. The maximum Gasteiger partial charge on any atom is 0.270 e. The predicted molar refractivity (Wildman–Crippen MR) is 128 cm³/mol. The van der Waals surface area contributed by atoms with Crippen LogP contribution in [0.25, 0.3) is 11.8 Å². The Labute approximate surface area is 190 Å². The van der Waals surface area contributed by atoms with Crippen LogP contribution in [0.3, 0.4) is 0 Å². The quantitative estimate of drug-likeness (QED) is 0.352. The van der Waals surface area contributed by atoms with Gasteiger partial charge in [-0.15, -0.1) is 0 Å². The highest BCUT2D eigenvalue weighted by Crippen LogP contribution is 2.27. The minimum atomic E-state index is -0.504. The minimum absolute atomic E-state index is 0.0338. The van der Waals surface area contributed by atoms with Crippen molar-refractivity contribution in [1.29, 1.82) is 0 Å². The Morgan fingerprint density at radius 1 is 0.968 bits per heavy atom. The first-order valence-corrected chi connectivity index (χ1v) is 10.5. The number of rotatable bonds is 3. The number of nitrogens with one attached hydrogen (secondary N) is 1. The summed E-state index contributed by atoms with van der Waals surface area (Å²) in [7, 11) is 0. The molecule has 1 N–H and O–H groups in total. The number of carbonyl (C=O) groups is 2. The van der Waals surface area contributed by atoms with Crippen molar-refractivity contribution in [3.05, 3.63) is 87.7 Å². The molecule has 0 spiro atoms. The molecule has 1 aliphatic heterocycles. The van der Waals surface area contributed by atoms with Gasteiger partial charge in [0, 0.05) is 22.1 Å². The topological polar surface area (TPSA) is 54.3 Å². The molecule has 0 bridgehead atoms. The molecule has 1 fully saturated rings. The molecule has 0 aliphatic carbocycles. The molecule has 2 aromatic carbocycles. The zero-order chi connectivity index (χ0) is 22.3. The van der Waals surface area contributed by atoms with Crippen LogP contribution in [-0.2, 0) is 9.59 Å². The Hall–Kier alpha value is -3.22. The maximum atomic E-state index is 13.3. The molecule has 1 aliphatic rings. The average molecular weight is 450 g/mol. The van der Waals surface area contributed by atoms with Gasteiger partial charge >= 0.3 is 0 Å². The van der Waals surface area contributed by atoms with Gasteiger partial charge in [-0.1, -0.05) is 23.7 Å². The van der Waals surface area contributed by atoms with Gasteiger partial charge in [0.1, 0.15) is 5.57 Å². The molecule has 3 aromatic rings. The Kier molecular flexibility index (Phi) is 5.52. The van der Waals surface area contributed by atoms with Gasteiger partial charge in [0.2, 0.25) is 0 Å². The number of nitrogens with zero attached hydrogens (tertiary/aromatic N) is 2. The predicted octanol–water partition coefficient (Wildman–Crippen LogP) is 4.89. The number of carbonyl (C=O) groups excluding carboxylic acids is 2. The lowest BCUT2D eigenvalue weighted by molar-refractivity contribution is -0.122. The third-order valence-electron chi connectivity index (χ3n) is 5.22. The number of aryl methyl sites for hydroxylation is 2. The number of anilines is 1. The number of aromatic nitrogens is 1. The molecule has 0 radical (unpaired) electrons. The SMILES string of the molecule is Cc1cccc(N2C(=O)C(=Cc3cc(C)n(-c4ccc(Cl)cc4)c3C)C(=O)NC2=S)c1. The lowest BCUT2D eigenvalue weighted by Crippen LogP contribution is -2.54. The zero-order valence-electron chi connectivity index (χ0n) is 17.3. The van der Waals surface area contributed by atoms with Crippen molar-refractivity contribution in [2.24, 2.45) is 0 Å². The summed E-state index contributed by atoms with van der Waals surface area (Å²) < 4.78 is 2.05. The fraction of sp³-hybridized carbons (Fsp3) is 0.125. The fourth-order valence-corrected chi connectivity index (χ4v) is 4.14. The summed E-state index contributed by atoms with van der Waals surface area (Å²) >= 11 is 11.3. The second-order valence-electron chi connectivity index (χ2n) is 7.44. The average Bonchev–Trinajstić information content (AvgIpc) is 2.99. The second kappa shape index (κ2) is 8.13. The van der Waals surface area contributed by atoms with Gasteiger partial charge in [-0.25, -0.2) is 0 Å². The van der Waals surface area contributed by atoms with E-state index in [1.54, 1.807) is 12.1 Å². The molecule has 2 heterocycles. The van der Waals surface area contributed by atoms with Crippen molar-refractivity contribution in [3.8, 4) is 5.69 Å². The van der Waals surface area contributed by atoms with Gasteiger partial charge in [0.15, 0.2) is 5.11 Å². The van der Waals surface area contributed by atoms with E-state index in [1.165, 1.54) is 4.90 Å². The Bertz CT molecular complexity index is 1260. The third-order valence-corrected chi connectivity index (χ3v) is 5.75. The Morgan fingerprint density at radius 3 is 2.35 bits per heavy atom. The van der Waals surface area contributed by atoms with Crippen LogP contribution in [0.4, 0.5) is 5.69 Å². The molecule has 0 unspecified atom stereocenters. The highest BCUT2D eigenvalue weighted by atomic mass is 35.5. The number of thiocarbonyl (C=S) groups is 1. The standard InChI is InChI=1S/C24H20ClN3O2S/c1-14-5-4-6-20(11-14)28-23(30)21(22(29)26-24(28)31)13-17-12-15(2)27(16(17)3)19-9-7-18(25)8-10-19/h4-13H,1-3H3,(H,26,29,31). The monoisotopic (exact) mass is 449 g/mol. The number of hydrogen-bond acceptors (Lipinski definition) is 3. The number of hydrogen-bond donors (Lipinski definition) is 1. The Balaban J connectivity index is 1.76. The van der Waals surface area contributed by atoms with Gasteiger partial charge in [0.25, 0.3) is 11.8 Å². The van der Waals surface area contributed by atoms with Gasteiger partial charge in [-0.2, -0.15) is 0 Å². The van der Waals surface area contributed by atoms with E-state index in [0.29, 0.717) is 10.7 Å². The van der Waals surface area contributed by atoms with Crippen LogP contribution in [0, 0.1) is 20.8 Å². The minimum Gasteiger partial charge on any atom is -0.318 e. The second-order valence-corrected chi connectivity index (χ2v) is 8.26. The Morgan fingerprint density at radius 2 is 1.68 bits per heavy atom. The van der Waals surface area contributed by atoms with Gasteiger partial charge in [-0.3, -0.25) is 19.8 Å². The molecule has 0 saturated carbocycles. The molecule has 2 amide bonds. The van der Waals surface area contributed by atoms with E-state index >= 15 is 0 Å². The molecule has 0 atom stereocenters. The van der Waals surface area contributed by atoms with Crippen molar-refractivity contribution in [1.82, 2.24) is 9.88 Å². The summed E-state index contributed by atoms with van der Waals surface area (Å²) in [5, 5.41) is 3.37. The first kappa shape index (κ1) is 21.0. The van der Waals surface area contributed by atoms with E-state index in [4.69, 9.17) is 23.8 Å². The molecule has 31 heavy (non-hydrogen) atoms. The van der Waals surface area contributed by atoms with E-state index in [0.717, 1.165) is 28.2 Å². The van der Waals surface area contributed by atoms with E-state index in [2.05, 4.69) is 9.88 Å². The van der Waals surface area contributed by atoms with Crippen LogP contribution in [-0.4, -0.2) is 21.5 Å². The van der Waals surface area contributed by atoms with Gasteiger partial charge in [0.05, 0.1) is 5.69 Å². The van der Waals surface area contributed by atoms with Crippen LogP contribution < -0.4 is 10.2 Å². The maximum absolute atomic E-state index is 13.3. The first-order chi connectivity index (χ1) is 14.8. The molecule has 156 valence electrons. The van der Waals surface area contributed by atoms with Crippen molar-refractivity contribution in [2.75, 3.05) is 4.90 Å². The summed E-state index contributed by atoms with van der Waals surface area (Å²) in [6.07, 6.45) is 1.62. The molecule has 4 rings (SSSR count). The summed E-state index contributed by atoms with van der Waals surface area (Å²) in [6, 6.07) is 16.9. The smallest absolute Gasteiger partial charge is 0.270 e. The van der Waals surface area contributed by atoms with Crippen LogP contribution >= 0.6 is 23.8 Å². The van der Waals surface area contributed by atoms with E-state index in [9.17, 15) is 9.59 Å². The van der Waals surface area contributed by atoms with Crippen LogP contribution in [0.2, 0.25) is 5.02 Å². The molecule has 1 aromatic heterocycles. The fourth-order valence-electron chi connectivity index (χ4n) is 3.74. The van der Waals surface area contributed by atoms with Crippen LogP contribution in [0.15, 0.2) is 60.2 Å². The molecular weight excluding hydrogens is 430 g/mol. The molecular formula is C24H20ClN3O2S. The largest absolute Gasteiger partial charge is 0.318 e. The highest BCUT2D eigenvalue weighted by Gasteiger charge is 2.34. The van der Waals surface area contributed by atoms with Crippen LogP contribution in [0.1, 0.15) is 22.5 Å². The first-order valence-electron chi connectivity index (χ1n) is 9.69. The summed E-state index contributed by atoms with van der Waals surface area (Å²) in [4.78, 5) is 27.3. The van der Waals surface area contributed by atoms with Crippen molar-refractivity contribution in [2.45, 2.75) is 20.8 Å². The number of halogens is 1. The van der Waals surface area contributed by atoms with Gasteiger partial charge in [-0.05, 0) is 92.7 Å². The molecule has 1 saturated heterocycles. The summed E-state index contributed by atoms with van der Waals surface area (Å²) in [6.45, 7) is 5.85. The van der Waals surface area contributed by atoms with E-state index < -0.39 is 11.8 Å². The third kappa shape index (κ3) is 3.92. The number of amides is 2. The number of benzene rings is 2. The molecule has 5 nitrogen and oxygen atoms in total. The summed E-state index contributed by atoms with van der Waals surface area (Å²) in [5.41, 5.74) is 5.25. The van der Waals surface area contributed by atoms with E-state index in [1.807, 2.05) is 69.3 Å². The zero-order valence-corrected chi connectivity index (χ0v) is 18.8. The van der Waals surface area contributed by atoms with Crippen LogP contribution in [0.5, 0.6) is 0 Å². The van der Waals surface area contributed by atoms with E-state index in [-0.39, 0.29) is 10.7 Å².